The highest BCUT2D eigenvalue weighted by Gasteiger charge is 2.34. The first-order valence-corrected chi connectivity index (χ1v) is 8.97. The first-order chi connectivity index (χ1) is 11.6. The molecule has 3 aromatic rings. The maximum absolute atomic E-state index is 5.84. The third-order valence-electron chi connectivity index (χ3n) is 3.07. The van der Waals surface area contributed by atoms with E-state index in [1.807, 2.05) is 36.4 Å². The molecule has 1 aromatic heterocycles. The van der Waals surface area contributed by atoms with Crippen LogP contribution in [-0.2, 0) is 7.59 Å². The standard InChI is InChI=1S/C15H7Cl6N3O/c16-14(17,18)11-22-12(15(19,20)21)24-13(23-11)25-10-7-3-5-8-4-1-2-6-9(8)10/h1-7H. The van der Waals surface area contributed by atoms with Crippen molar-refractivity contribution in [2.45, 2.75) is 7.59 Å². The zero-order valence-corrected chi connectivity index (χ0v) is 16.6. The lowest BCUT2D eigenvalue weighted by Gasteiger charge is -2.15. The molecule has 4 nitrogen and oxygen atoms in total. The lowest BCUT2D eigenvalue weighted by atomic mass is 10.1. The van der Waals surface area contributed by atoms with Crippen LogP contribution in [0.4, 0.5) is 0 Å². The Hall–Kier alpha value is -0.750. The predicted molar refractivity (Wildman–Crippen MR) is 102 cm³/mol. The summed E-state index contributed by atoms with van der Waals surface area (Å²) >= 11 is 35.1. The van der Waals surface area contributed by atoms with Crippen LogP contribution in [0.2, 0.25) is 0 Å². The largest absolute Gasteiger partial charge is 0.424 e. The van der Waals surface area contributed by atoms with Crippen molar-refractivity contribution in [3.63, 3.8) is 0 Å². The van der Waals surface area contributed by atoms with E-state index in [2.05, 4.69) is 15.0 Å². The molecule has 0 saturated heterocycles. The van der Waals surface area contributed by atoms with Crippen LogP contribution in [0.15, 0.2) is 42.5 Å². The molecular formula is C15H7Cl6N3O. The number of hydrogen-bond donors (Lipinski definition) is 0. The first kappa shape index (κ1) is 19.0. The number of fused-ring (bicyclic) bond motifs is 1. The minimum atomic E-state index is -1.94. The van der Waals surface area contributed by atoms with Crippen molar-refractivity contribution in [2.75, 3.05) is 0 Å². The van der Waals surface area contributed by atoms with Crippen molar-refractivity contribution in [3.8, 4) is 11.8 Å². The molecule has 10 heteroatoms. The van der Waals surface area contributed by atoms with Crippen molar-refractivity contribution in [3.05, 3.63) is 54.1 Å². The predicted octanol–water partition coefficient (Wildman–Crippen LogP) is 6.47. The highest BCUT2D eigenvalue weighted by atomic mass is 35.6. The van der Waals surface area contributed by atoms with E-state index in [4.69, 9.17) is 74.3 Å². The van der Waals surface area contributed by atoms with Gasteiger partial charge in [0, 0.05) is 5.39 Å². The molecule has 0 bridgehead atoms. The third kappa shape index (κ3) is 4.51. The average Bonchev–Trinajstić information content (AvgIpc) is 2.53. The second-order valence-corrected chi connectivity index (χ2v) is 9.40. The van der Waals surface area contributed by atoms with Crippen LogP contribution in [0.1, 0.15) is 11.6 Å². The Morgan fingerprint density at radius 2 is 1.24 bits per heavy atom. The average molecular weight is 458 g/mol. The van der Waals surface area contributed by atoms with Gasteiger partial charge in [-0.25, -0.2) is 4.98 Å². The number of hydrogen-bond acceptors (Lipinski definition) is 4. The third-order valence-corrected chi connectivity index (χ3v) is 4.09. The van der Waals surface area contributed by atoms with E-state index in [1.54, 1.807) is 6.07 Å². The summed E-state index contributed by atoms with van der Waals surface area (Å²) in [5.74, 6) is 0.0583. The molecule has 0 aliphatic heterocycles. The molecule has 130 valence electrons. The topological polar surface area (TPSA) is 47.9 Å². The van der Waals surface area contributed by atoms with E-state index in [1.165, 1.54) is 0 Å². The van der Waals surface area contributed by atoms with Crippen molar-refractivity contribution < 1.29 is 4.74 Å². The van der Waals surface area contributed by atoms with Gasteiger partial charge < -0.3 is 4.74 Å². The Balaban J connectivity index is 2.10. The normalized spacial score (nSPS) is 12.4. The minimum Gasteiger partial charge on any atom is -0.424 e. The summed E-state index contributed by atoms with van der Waals surface area (Å²) in [5.41, 5.74) is 0. The summed E-state index contributed by atoms with van der Waals surface area (Å²) < 4.78 is 1.87. The molecule has 0 fully saturated rings. The van der Waals surface area contributed by atoms with Gasteiger partial charge in [-0.1, -0.05) is 106 Å². The van der Waals surface area contributed by atoms with Gasteiger partial charge in [0.1, 0.15) is 5.75 Å². The molecule has 0 unspecified atom stereocenters. The minimum absolute atomic E-state index is 0.158. The van der Waals surface area contributed by atoms with Crippen LogP contribution < -0.4 is 4.74 Å². The highest BCUT2D eigenvalue weighted by Crippen LogP contribution is 2.41. The van der Waals surface area contributed by atoms with Crippen LogP contribution in [0.25, 0.3) is 10.8 Å². The fourth-order valence-corrected chi connectivity index (χ4v) is 2.55. The summed E-state index contributed by atoms with van der Waals surface area (Å²) in [7, 11) is 0. The second-order valence-electron chi connectivity index (χ2n) is 4.84. The van der Waals surface area contributed by atoms with Gasteiger partial charge in [0.15, 0.2) is 11.6 Å². The molecule has 1 heterocycles. The fourth-order valence-electron chi connectivity index (χ4n) is 2.04. The second kappa shape index (κ2) is 7.10. The van der Waals surface area contributed by atoms with Crippen molar-refractivity contribution >= 4 is 80.4 Å². The van der Waals surface area contributed by atoms with Gasteiger partial charge in [0.05, 0.1) is 0 Å². The molecule has 0 atom stereocenters. The monoisotopic (exact) mass is 455 g/mol. The molecule has 3 rings (SSSR count). The maximum atomic E-state index is 5.84. The Morgan fingerprint density at radius 3 is 1.84 bits per heavy atom. The van der Waals surface area contributed by atoms with Crippen LogP contribution in [-0.4, -0.2) is 15.0 Å². The zero-order chi connectivity index (χ0) is 18.2. The molecule has 0 N–H and O–H groups in total. The fraction of sp³-hybridized carbons (Fsp3) is 0.133. The maximum Gasteiger partial charge on any atom is 0.325 e. The Bertz CT molecular complexity index is 886. The van der Waals surface area contributed by atoms with Crippen LogP contribution in [0.5, 0.6) is 11.8 Å². The summed E-state index contributed by atoms with van der Waals surface area (Å²) in [6.45, 7) is 0. The highest BCUT2D eigenvalue weighted by molar-refractivity contribution is 6.67. The lowest BCUT2D eigenvalue weighted by Crippen LogP contribution is -2.16. The van der Waals surface area contributed by atoms with E-state index in [0.717, 1.165) is 10.8 Å². The van der Waals surface area contributed by atoms with Gasteiger partial charge >= 0.3 is 6.01 Å². The van der Waals surface area contributed by atoms with Gasteiger partial charge in [-0.3, -0.25) is 0 Å². The number of alkyl halides is 6. The first-order valence-electron chi connectivity index (χ1n) is 6.71. The lowest BCUT2D eigenvalue weighted by molar-refractivity contribution is 0.437. The quantitative estimate of drug-likeness (QED) is 0.414. The van der Waals surface area contributed by atoms with Crippen LogP contribution in [0.3, 0.4) is 0 Å². The molecular weight excluding hydrogens is 451 g/mol. The van der Waals surface area contributed by atoms with Crippen molar-refractivity contribution in [1.29, 1.82) is 0 Å². The summed E-state index contributed by atoms with van der Waals surface area (Å²) in [6, 6.07) is 13.0. The Morgan fingerprint density at radius 1 is 0.680 bits per heavy atom. The number of aromatic nitrogens is 3. The van der Waals surface area contributed by atoms with E-state index in [9.17, 15) is 0 Å². The summed E-state index contributed by atoms with van der Waals surface area (Å²) in [4.78, 5) is 11.9. The molecule has 0 amide bonds. The van der Waals surface area contributed by atoms with E-state index in [0.29, 0.717) is 5.75 Å². The van der Waals surface area contributed by atoms with Gasteiger partial charge in [-0.15, -0.1) is 0 Å². The molecule has 25 heavy (non-hydrogen) atoms. The number of halogens is 6. The van der Waals surface area contributed by atoms with E-state index in [-0.39, 0.29) is 17.7 Å². The smallest absolute Gasteiger partial charge is 0.325 e. The number of benzene rings is 2. The van der Waals surface area contributed by atoms with Gasteiger partial charge in [-0.05, 0) is 11.5 Å². The Kier molecular flexibility index (Phi) is 5.41. The van der Waals surface area contributed by atoms with Crippen LogP contribution >= 0.6 is 69.6 Å². The van der Waals surface area contributed by atoms with Crippen molar-refractivity contribution in [1.82, 2.24) is 15.0 Å². The summed E-state index contributed by atoms with van der Waals surface area (Å²) in [5, 5.41) is 1.81. The van der Waals surface area contributed by atoms with E-state index >= 15 is 0 Å². The van der Waals surface area contributed by atoms with E-state index < -0.39 is 7.59 Å². The summed E-state index contributed by atoms with van der Waals surface area (Å²) in [6.07, 6.45) is 0. The molecule has 0 aliphatic rings. The molecule has 0 radical (unpaired) electrons. The zero-order valence-electron chi connectivity index (χ0n) is 12.1. The van der Waals surface area contributed by atoms with Crippen molar-refractivity contribution in [2.24, 2.45) is 0 Å². The molecule has 0 spiro atoms. The number of rotatable bonds is 2. The van der Waals surface area contributed by atoms with Gasteiger partial charge in [0.25, 0.3) is 0 Å². The van der Waals surface area contributed by atoms with Gasteiger partial charge in [-0.2, -0.15) is 9.97 Å². The Labute approximate surface area is 172 Å². The SMILES string of the molecule is ClC(Cl)(Cl)c1nc(Oc2cccc3ccccc23)nc(C(Cl)(Cl)Cl)n1. The number of ether oxygens (including phenoxy) is 1. The van der Waals surface area contributed by atoms with Crippen LogP contribution in [0, 0.1) is 0 Å². The molecule has 0 aliphatic carbocycles. The van der Waals surface area contributed by atoms with Gasteiger partial charge in [0.2, 0.25) is 7.59 Å². The molecule has 2 aromatic carbocycles. The molecule has 0 saturated carbocycles. The number of nitrogens with zero attached hydrogens (tertiary/aromatic N) is 3.